The SMILES string of the molecule is NCCCN(CC(N)=O)CC(=O)O. The van der Waals surface area contributed by atoms with Crippen LogP contribution in [0, 0.1) is 0 Å². The zero-order valence-corrected chi connectivity index (χ0v) is 7.40. The summed E-state index contributed by atoms with van der Waals surface area (Å²) in [7, 11) is 0. The Morgan fingerprint density at radius 3 is 2.31 bits per heavy atom. The van der Waals surface area contributed by atoms with Gasteiger partial charge < -0.3 is 16.6 Å². The second-order valence-electron chi connectivity index (χ2n) is 2.71. The summed E-state index contributed by atoms with van der Waals surface area (Å²) in [6, 6.07) is 0. The van der Waals surface area contributed by atoms with Crippen molar-refractivity contribution in [3.63, 3.8) is 0 Å². The Hall–Kier alpha value is -1.14. The molecule has 0 aromatic carbocycles. The van der Waals surface area contributed by atoms with Crippen LogP contribution in [0.3, 0.4) is 0 Å². The second-order valence-corrected chi connectivity index (χ2v) is 2.71. The smallest absolute Gasteiger partial charge is 0.317 e. The molecular formula is C7H15N3O3. The number of carboxylic acid groups (broad SMARTS) is 1. The molecule has 0 aromatic rings. The standard InChI is InChI=1S/C7H15N3O3/c8-2-1-3-10(4-6(9)11)5-7(12)13/h1-5,8H2,(H2,9,11)(H,12,13). The lowest BCUT2D eigenvalue weighted by atomic mass is 10.3. The molecule has 0 bridgehead atoms. The highest BCUT2D eigenvalue weighted by molar-refractivity contribution is 5.77. The van der Waals surface area contributed by atoms with E-state index in [1.54, 1.807) is 0 Å². The van der Waals surface area contributed by atoms with Crippen molar-refractivity contribution in [2.24, 2.45) is 11.5 Å². The number of nitrogens with two attached hydrogens (primary N) is 2. The van der Waals surface area contributed by atoms with Gasteiger partial charge in [0.15, 0.2) is 0 Å². The molecule has 0 saturated carbocycles. The maximum Gasteiger partial charge on any atom is 0.317 e. The fourth-order valence-electron chi connectivity index (χ4n) is 0.941. The maximum atomic E-state index is 10.5. The van der Waals surface area contributed by atoms with E-state index in [1.165, 1.54) is 4.90 Å². The summed E-state index contributed by atoms with van der Waals surface area (Å²) >= 11 is 0. The fourth-order valence-corrected chi connectivity index (χ4v) is 0.941. The van der Waals surface area contributed by atoms with Gasteiger partial charge >= 0.3 is 5.97 Å². The van der Waals surface area contributed by atoms with Crippen LogP contribution >= 0.6 is 0 Å². The molecule has 5 N–H and O–H groups in total. The minimum absolute atomic E-state index is 0.0354. The van der Waals surface area contributed by atoms with Crippen LogP contribution in [0.5, 0.6) is 0 Å². The lowest BCUT2D eigenvalue weighted by Crippen LogP contribution is -2.38. The zero-order chi connectivity index (χ0) is 10.3. The fraction of sp³-hybridized carbons (Fsp3) is 0.714. The van der Waals surface area contributed by atoms with Crippen molar-refractivity contribution in [3.05, 3.63) is 0 Å². The first-order valence-electron chi connectivity index (χ1n) is 3.98. The number of aliphatic carboxylic acids is 1. The van der Waals surface area contributed by atoms with Gasteiger partial charge in [0, 0.05) is 6.54 Å². The summed E-state index contributed by atoms with van der Waals surface area (Å²) in [6.07, 6.45) is 0.653. The van der Waals surface area contributed by atoms with Crippen molar-refractivity contribution < 1.29 is 14.7 Å². The molecule has 0 aliphatic carbocycles. The van der Waals surface area contributed by atoms with Gasteiger partial charge in [-0.05, 0) is 13.0 Å². The highest BCUT2D eigenvalue weighted by Crippen LogP contribution is 1.89. The van der Waals surface area contributed by atoms with Gasteiger partial charge in [-0.3, -0.25) is 14.5 Å². The van der Waals surface area contributed by atoms with Crippen LogP contribution in [0.15, 0.2) is 0 Å². The predicted molar refractivity (Wildman–Crippen MR) is 46.9 cm³/mol. The molecular weight excluding hydrogens is 174 g/mol. The van der Waals surface area contributed by atoms with Gasteiger partial charge in [0.25, 0.3) is 0 Å². The zero-order valence-electron chi connectivity index (χ0n) is 7.40. The number of carboxylic acids is 1. The van der Waals surface area contributed by atoms with Crippen LogP contribution in [0.2, 0.25) is 0 Å². The van der Waals surface area contributed by atoms with Gasteiger partial charge in [0.2, 0.25) is 5.91 Å². The minimum atomic E-state index is -0.974. The van der Waals surface area contributed by atoms with Gasteiger partial charge in [-0.2, -0.15) is 0 Å². The average Bonchev–Trinajstić information content (AvgIpc) is 1.98. The van der Waals surface area contributed by atoms with Crippen molar-refractivity contribution >= 4 is 11.9 Å². The number of amides is 1. The minimum Gasteiger partial charge on any atom is -0.480 e. The molecule has 0 spiro atoms. The summed E-state index contributed by atoms with van der Waals surface area (Å²) in [5.41, 5.74) is 10.2. The third kappa shape index (κ3) is 7.23. The van der Waals surface area contributed by atoms with Crippen molar-refractivity contribution in [2.45, 2.75) is 6.42 Å². The summed E-state index contributed by atoms with van der Waals surface area (Å²) in [5.74, 6) is -1.50. The van der Waals surface area contributed by atoms with Crippen molar-refractivity contribution in [3.8, 4) is 0 Å². The number of rotatable bonds is 7. The van der Waals surface area contributed by atoms with Crippen LogP contribution in [-0.2, 0) is 9.59 Å². The molecule has 0 saturated heterocycles. The van der Waals surface area contributed by atoms with E-state index in [9.17, 15) is 9.59 Å². The predicted octanol–water partition coefficient (Wildman–Crippen LogP) is -1.79. The number of hydrogen-bond donors (Lipinski definition) is 3. The molecule has 0 radical (unpaired) electrons. The largest absolute Gasteiger partial charge is 0.480 e. The number of nitrogens with zero attached hydrogens (tertiary/aromatic N) is 1. The number of carbonyl (C=O) groups is 2. The van der Waals surface area contributed by atoms with E-state index in [2.05, 4.69) is 0 Å². The first kappa shape index (κ1) is 11.9. The molecule has 0 aliphatic heterocycles. The normalized spacial score (nSPS) is 10.3. The molecule has 1 amide bonds. The highest BCUT2D eigenvalue weighted by Gasteiger charge is 2.10. The molecule has 0 aliphatic rings. The first-order valence-corrected chi connectivity index (χ1v) is 3.98. The van der Waals surface area contributed by atoms with Crippen LogP contribution < -0.4 is 11.5 Å². The Morgan fingerprint density at radius 2 is 1.92 bits per heavy atom. The Kier molecular flexibility index (Phi) is 5.82. The van der Waals surface area contributed by atoms with Crippen molar-refractivity contribution in [2.75, 3.05) is 26.2 Å². The molecule has 0 unspecified atom stereocenters. The second kappa shape index (κ2) is 6.38. The highest BCUT2D eigenvalue weighted by atomic mass is 16.4. The van der Waals surface area contributed by atoms with Crippen LogP contribution in [0.25, 0.3) is 0 Å². The molecule has 0 rings (SSSR count). The molecule has 0 atom stereocenters. The Labute approximate surface area is 76.5 Å². The topological polar surface area (TPSA) is 110 Å². The molecule has 13 heavy (non-hydrogen) atoms. The van der Waals surface area contributed by atoms with Crippen LogP contribution in [0.1, 0.15) is 6.42 Å². The Balaban J connectivity index is 3.87. The third-order valence-corrected chi connectivity index (χ3v) is 1.42. The van der Waals surface area contributed by atoms with E-state index in [1.807, 2.05) is 0 Å². The van der Waals surface area contributed by atoms with E-state index in [0.717, 1.165) is 0 Å². The van der Waals surface area contributed by atoms with E-state index >= 15 is 0 Å². The first-order chi connectivity index (χ1) is 6.06. The lowest BCUT2D eigenvalue weighted by molar-refractivity contribution is -0.138. The quantitative estimate of drug-likeness (QED) is 0.438. The van der Waals surface area contributed by atoms with Gasteiger partial charge in [0.1, 0.15) is 0 Å². The van der Waals surface area contributed by atoms with Gasteiger partial charge in [-0.25, -0.2) is 0 Å². The van der Waals surface area contributed by atoms with E-state index < -0.39 is 11.9 Å². The summed E-state index contributed by atoms with van der Waals surface area (Å²) in [6.45, 7) is 0.732. The van der Waals surface area contributed by atoms with E-state index in [-0.39, 0.29) is 13.1 Å². The molecule has 76 valence electrons. The Bertz CT molecular complexity index is 168. The number of hydrogen-bond acceptors (Lipinski definition) is 4. The van der Waals surface area contributed by atoms with Crippen LogP contribution in [0.4, 0.5) is 0 Å². The maximum absolute atomic E-state index is 10.5. The van der Waals surface area contributed by atoms with Gasteiger partial charge in [-0.1, -0.05) is 0 Å². The van der Waals surface area contributed by atoms with E-state index in [0.29, 0.717) is 19.5 Å². The van der Waals surface area contributed by atoms with Crippen molar-refractivity contribution in [1.82, 2.24) is 4.90 Å². The Morgan fingerprint density at radius 1 is 1.31 bits per heavy atom. The summed E-state index contributed by atoms with van der Waals surface area (Å²) in [5, 5.41) is 8.47. The number of primary amides is 1. The van der Waals surface area contributed by atoms with Crippen molar-refractivity contribution in [1.29, 1.82) is 0 Å². The van der Waals surface area contributed by atoms with Gasteiger partial charge in [-0.15, -0.1) is 0 Å². The molecule has 0 fully saturated rings. The summed E-state index contributed by atoms with van der Waals surface area (Å²) < 4.78 is 0. The third-order valence-electron chi connectivity index (χ3n) is 1.42. The summed E-state index contributed by atoms with van der Waals surface area (Å²) in [4.78, 5) is 22.3. The number of carbonyl (C=O) groups excluding carboxylic acids is 1. The van der Waals surface area contributed by atoms with Crippen LogP contribution in [-0.4, -0.2) is 48.1 Å². The monoisotopic (exact) mass is 189 g/mol. The lowest BCUT2D eigenvalue weighted by Gasteiger charge is -2.17. The molecule has 0 aromatic heterocycles. The molecule has 6 nitrogen and oxygen atoms in total. The molecule has 0 heterocycles. The molecule has 6 heteroatoms. The average molecular weight is 189 g/mol. The van der Waals surface area contributed by atoms with Gasteiger partial charge in [0.05, 0.1) is 13.1 Å². The van der Waals surface area contributed by atoms with E-state index in [4.69, 9.17) is 16.6 Å².